The summed E-state index contributed by atoms with van der Waals surface area (Å²) in [6.45, 7) is 11.2. The summed E-state index contributed by atoms with van der Waals surface area (Å²) in [5, 5.41) is 9.13. The molecule has 0 spiro atoms. The molecule has 1 N–H and O–H groups in total. The summed E-state index contributed by atoms with van der Waals surface area (Å²) in [4.78, 5) is 8.09. The second-order valence-electron chi connectivity index (χ2n) is 18.0. The van der Waals surface area contributed by atoms with Gasteiger partial charge in [-0.05, 0) is 106 Å². The summed E-state index contributed by atoms with van der Waals surface area (Å²) in [7, 11) is 0. The van der Waals surface area contributed by atoms with Gasteiger partial charge >= 0.3 is 0 Å². The van der Waals surface area contributed by atoms with Crippen LogP contribution in [0.5, 0.6) is 0 Å². The van der Waals surface area contributed by atoms with Crippen LogP contribution >= 0.6 is 0 Å². The highest BCUT2D eigenvalue weighted by Gasteiger charge is 2.37. The number of fused-ring (bicyclic) bond motifs is 10. The molecule has 7 aromatic carbocycles. The van der Waals surface area contributed by atoms with Crippen LogP contribution in [0, 0.1) is 26.7 Å². The Labute approximate surface area is 363 Å². The first-order valence-electron chi connectivity index (χ1n) is 22.1. The van der Waals surface area contributed by atoms with Crippen molar-refractivity contribution < 1.29 is 0 Å². The van der Waals surface area contributed by atoms with E-state index in [1.165, 1.54) is 93.9 Å². The fourth-order valence-corrected chi connectivity index (χ4v) is 10.9. The van der Waals surface area contributed by atoms with E-state index >= 15 is 0 Å². The molecule has 0 fully saturated rings. The lowest BCUT2D eigenvalue weighted by molar-refractivity contribution is 0.280. The monoisotopic (exact) mass is 803 g/mol. The third-order valence-corrected chi connectivity index (χ3v) is 13.8. The molecule has 0 saturated heterocycles. The second-order valence-corrected chi connectivity index (χ2v) is 18.0. The zero-order valence-corrected chi connectivity index (χ0v) is 35.9. The number of amidine groups is 1. The van der Waals surface area contributed by atoms with Crippen molar-refractivity contribution in [1.82, 2.24) is 14.5 Å². The molecule has 3 aliphatic rings. The Kier molecular flexibility index (Phi) is 8.27. The number of allylic oxidation sites excluding steroid dienone is 2. The fraction of sp³-hybridized carbons (Fsp3) is 0.175. The molecule has 0 radical (unpaired) electrons. The zero-order chi connectivity index (χ0) is 41.8. The molecule has 12 rings (SSSR count). The van der Waals surface area contributed by atoms with E-state index in [0.29, 0.717) is 0 Å². The maximum atomic E-state index is 5.50. The van der Waals surface area contributed by atoms with Crippen molar-refractivity contribution in [3.63, 3.8) is 0 Å². The minimum absolute atomic E-state index is 0.0573. The van der Waals surface area contributed by atoms with Crippen molar-refractivity contribution in [3.8, 4) is 5.69 Å². The van der Waals surface area contributed by atoms with Crippen LogP contribution in [0.3, 0.4) is 0 Å². The minimum Gasteiger partial charge on any atom is -0.349 e. The molecule has 4 heterocycles. The summed E-state index contributed by atoms with van der Waals surface area (Å²) < 4.78 is 5.08. The molecule has 5 heteroatoms. The molecule has 9 aromatic rings. The van der Waals surface area contributed by atoms with Crippen molar-refractivity contribution in [2.75, 3.05) is 4.90 Å². The van der Waals surface area contributed by atoms with Gasteiger partial charge in [0.25, 0.3) is 0 Å². The largest absolute Gasteiger partial charge is 0.349 e. The Hall–Kier alpha value is -7.11. The summed E-state index contributed by atoms with van der Waals surface area (Å²) in [5.74, 6) is 1.02. The number of aromatic nitrogens is 2. The number of aliphatic imine (C=N–C) groups is 1. The average Bonchev–Trinajstić information content (AvgIpc) is 3.78. The lowest BCUT2D eigenvalue weighted by Gasteiger charge is -2.41. The Morgan fingerprint density at radius 3 is 1.89 bits per heavy atom. The second kappa shape index (κ2) is 14.0. The first kappa shape index (κ1) is 36.7. The van der Waals surface area contributed by atoms with E-state index in [-0.39, 0.29) is 24.2 Å². The van der Waals surface area contributed by atoms with Crippen LogP contribution in [0.1, 0.15) is 65.9 Å². The molecule has 5 nitrogen and oxygen atoms in total. The highest BCUT2D eigenvalue weighted by molar-refractivity contribution is 6.12. The SMILES string of the molecule is CC1=CC2CC(=C1)c1cc(C)ccc1N2c1ccc2c3ccc(-n4c5ccc(C)cc5c5cc(C)ccc54)cc3n(C3NC(c4ccccc4)=NC(c4ccccc4)C3C)c2c1. The summed E-state index contributed by atoms with van der Waals surface area (Å²) in [6, 6.07) is 56.7. The zero-order valence-electron chi connectivity index (χ0n) is 35.9. The first-order chi connectivity index (χ1) is 30.3. The van der Waals surface area contributed by atoms with Crippen LogP contribution in [0.15, 0.2) is 174 Å². The predicted molar refractivity (Wildman–Crippen MR) is 260 cm³/mol. The quantitative estimate of drug-likeness (QED) is 0.188. The molecule has 2 bridgehead atoms. The fourth-order valence-electron chi connectivity index (χ4n) is 10.9. The van der Waals surface area contributed by atoms with Crippen molar-refractivity contribution >= 4 is 66.4 Å². The lowest BCUT2D eigenvalue weighted by atomic mass is 9.84. The number of anilines is 2. The van der Waals surface area contributed by atoms with E-state index in [9.17, 15) is 0 Å². The topological polar surface area (TPSA) is 37.5 Å². The molecule has 302 valence electrons. The molecule has 2 aromatic heterocycles. The van der Waals surface area contributed by atoms with Crippen molar-refractivity contribution in [1.29, 1.82) is 0 Å². The van der Waals surface area contributed by atoms with Crippen LogP contribution in [-0.2, 0) is 0 Å². The van der Waals surface area contributed by atoms with Gasteiger partial charge in [-0.25, -0.2) is 0 Å². The maximum Gasteiger partial charge on any atom is 0.130 e. The molecular weight excluding hydrogens is 755 g/mol. The summed E-state index contributed by atoms with van der Waals surface area (Å²) >= 11 is 0. The van der Waals surface area contributed by atoms with Gasteiger partial charge in [0.1, 0.15) is 12.0 Å². The molecule has 2 aliphatic heterocycles. The van der Waals surface area contributed by atoms with Crippen LogP contribution in [0.25, 0.3) is 54.9 Å². The molecule has 1 aliphatic carbocycles. The number of nitrogens with one attached hydrogen (secondary N) is 1. The molecule has 0 saturated carbocycles. The van der Waals surface area contributed by atoms with Gasteiger partial charge in [-0.3, -0.25) is 4.99 Å². The van der Waals surface area contributed by atoms with Crippen molar-refractivity contribution in [2.45, 2.75) is 59.3 Å². The van der Waals surface area contributed by atoms with Gasteiger partial charge in [0.2, 0.25) is 0 Å². The van der Waals surface area contributed by atoms with Crippen LogP contribution in [0.4, 0.5) is 11.4 Å². The van der Waals surface area contributed by atoms with Gasteiger partial charge in [-0.2, -0.15) is 0 Å². The first-order valence-corrected chi connectivity index (χ1v) is 22.1. The number of nitrogens with zero attached hydrogens (tertiary/aromatic N) is 4. The molecule has 62 heavy (non-hydrogen) atoms. The minimum atomic E-state index is -0.121. The standard InChI is InChI=1S/C57H49N5/c1-34-16-23-50-47(28-34)41-26-37(4)27-44(31-41)60(50)42-19-21-45-46-22-20-43(61-51-24-17-35(2)29-48(51)49-30-36(3)18-25-52(49)61)33-54(46)62(53(45)32-42)57-38(5)55(39-12-8-6-9-13-39)58-56(59-57)40-14-10-7-11-15-40/h6-30,32-33,38,44,55,57H,31H2,1-5H3,(H,58,59). The average molecular weight is 804 g/mol. The summed E-state index contributed by atoms with van der Waals surface area (Å²) in [5.41, 5.74) is 18.7. The molecule has 4 atom stereocenters. The Balaban J connectivity index is 1.13. The summed E-state index contributed by atoms with van der Waals surface area (Å²) in [6.07, 6.45) is 5.71. The van der Waals surface area contributed by atoms with E-state index in [1.54, 1.807) is 0 Å². The van der Waals surface area contributed by atoms with Crippen LogP contribution in [-0.4, -0.2) is 21.0 Å². The predicted octanol–water partition coefficient (Wildman–Crippen LogP) is 14.0. The van der Waals surface area contributed by atoms with Crippen molar-refractivity contribution in [2.24, 2.45) is 10.9 Å². The van der Waals surface area contributed by atoms with Gasteiger partial charge in [-0.15, -0.1) is 0 Å². The smallest absolute Gasteiger partial charge is 0.130 e. The van der Waals surface area contributed by atoms with E-state index in [2.05, 4.69) is 218 Å². The van der Waals surface area contributed by atoms with E-state index in [1.807, 2.05) is 0 Å². The van der Waals surface area contributed by atoms with Crippen LogP contribution in [0.2, 0.25) is 0 Å². The van der Waals surface area contributed by atoms with E-state index in [4.69, 9.17) is 4.99 Å². The normalized spacial score (nSPS) is 19.7. The van der Waals surface area contributed by atoms with Gasteiger partial charge in [0.05, 0.1) is 34.2 Å². The molecule has 0 amide bonds. The van der Waals surface area contributed by atoms with Gasteiger partial charge in [0, 0.05) is 55.7 Å². The number of rotatable bonds is 5. The third-order valence-electron chi connectivity index (χ3n) is 13.8. The lowest BCUT2D eigenvalue weighted by Crippen LogP contribution is -2.43. The van der Waals surface area contributed by atoms with E-state index < -0.39 is 0 Å². The van der Waals surface area contributed by atoms with Gasteiger partial charge in [0.15, 0.2) is 0 Å². The van der Waals surface area contributed by atoms with Crippen molar-refractivity contribution in [3.05, 3.63) is 203 Å². The number of hydrogen-bond acceptors (Lipinski definition) is 3. The highest BCUT2D eigenvalue weighted by atomic mass is 15.2. The number of hydrogen-bond donors (Lipinski definition) is 1. The van der Waals surface area contributed by atoms with Gasteiger partial charge in [-0.1, -0.05) is 132 Å². The van der Waals surface area contributed by atoms with Crippen LogP contribution < -0.4 is 10.2 Å². The van der Waals surface area contributed by atoms with E-state index in [0.717, 1.165) is 23.5 Å². The number of aryl methyl sites for hydroxylation is 3. The highest BCUT2D eigenvalue weighted by Crippen LogP contribution is 2.48. The molecular formula is C57H49N5. The Bertz CT molecular complexity index is 3320. The number of benzene rings is 7. The third kappa shape index (κ3) is 5.71. The van der Waals surface area contributed by atoms with Gasteiger partial charge < -0.3 is 19.4 Å². The Morgan fingerprint density at radius 2 is 1.19 bits per heavy atom. The Morgan fingerprint density at radius 1 is 0.581 bits per heavy atom. The maximum absolute atomic E-state index is 5.50. The molecule has 4 unspecified atom stereocenters.